The molecular formula is C18H20N2O5S. The Kier molecular flexibility index (Phi) is 5.15. The van der Waals surface area contributed by atoms with Crippen molar-refractivity contribution in [2.75, 3.05) is 31.8 Å². The van der Waals surface area contributed by atoms with E-state index in [4.69, 9.17) is 9.47 Å². The number of nitrogens with one attached hydrogen (secondary N) is 1. The summed E-state index contributed by atoms with van der Waals surface area (Å²) in [6.45, 7) is 0.918. The van der Waals surface area contributed by atoms with Crippen molar-refractivity contribution in [2.24, 2.45) is 0 Å². The first-order valence-electron chi connectivity index (χ1n) is 8.05. The van der Waals surface area contributed by atoms with E-state index < -0.39 is 22.0 Å². The summed E-state index contributed by atoms with van der Waals surface area (Å²) in [4.78, 5) is 12.9. The van der Waals surface area contributed by atoms with Gasteiger partial charge in [-0.15, -0.1) is 0 Å². The quantitative estimate of drug-likeness (QED) is 0.863. The van der Waals surface area contributed by atoms with Gasteiger partial charge in [-0.2, -0.15) is 4.31 Å². The highest BCUT2D eigenvalue weighted by molar-refractivity contribution is 7.88. The number of sulfonamides is 1. The topological polar surface area (TPSA) is 84.9 Å². The Hall–Kier alpha value is -2.58. The molecule has 0 radical (unpaired) electrons. The van der Waals surface area contributed by atoms with Gasteiger partial charge in [0.15, 0.2) is 11.5 Å². The zero-order valence-corrected chi connectivity index (χ0v) is 15.3. The second kappa shape index (κ2) is 7.35. The molecular weight excluding hydrogens is 356 g/mol. The molecule has 2 aromatic rings. The van der Waals surface area contributed by atoms with Gasteiger partial charge >= 0.3 is 0 Å². The van der Waals surface area contributed by atoms with Crippen LogP contribution in [-0.2, 0) is 14.8 Å². The molecule has 0 saturated carbocycles. The molecule has 3 rings (SSSR count). The summed E-state index contributed by atoms with van der Waals surface area (Å²) in [7, 11) is -2.19. The molecule has 0 bridgehead atoms. The Balaban J connectivity index is 1.88. The maximum Gasteiger partial charge on any atom is 0.247 e. The van der Waals surface area contributed by atoms with Gasteiger partial charge in [0.2, 0.25) is 15.9 Å². The van der Waals surface area contributed by atoms with Crippen LogP contribution in [0.4, 0.5) is 5.69 Å². The highest BCUT2D eigenvalue weighted by atomic mass is 32.2. The Morgan fingerprint density at radius 2 is 1.73 bits per heavy atom. The largest absolute Gasteiger partial charge is 0.486 e. The van der Waals surface area contributed by atoms with Crippen LogP contribution in [0.15, 0.2) is 48.5 Å². The molecule has 0 unspecified atom stereocenters. The molecule has 1 aliphatic rings. The van der Waals surface area contributed by atoms with Crippen molar-refractivity contribution < 1.29 is 22.7 Å². The van der Waals surface area contributed by atoms with Gasteiger partial charge in [0.25, 0.3) is 0 Å². The average Bonchev–Trinajstić information content (AvgIpc) is 2.62. The van der Waals surface area contributed by atoms with E-state index in [0.29, 0.717) is 36.0 Å². The molecule has 0 spiro atoms. The van der Waals surface area contributed by atoms with Crippen molar-refractivity contribution >= 4 is 21.6 Å². The highest BCUT2D eigenvalue weighted by Gasteiger charge is 2.31. The Morgan fingerprint density at radius 1 is 1.08 bits per heavy atom. The van der Waals surface area contributed by atoms with Crippen molar-refractivity contribution in [2.45, 2.75) is 6.04 Å². The highest BCUT2D eigenvalue weighted by Crippen LogP contribution is 2.33. The smallest absolute Gasteiger partial charge is 0.247 e. The molecule has 7 nitrogen and oxygen atoms in total. The summed E-state index contributed by atoms with van der Waals surface area (Å²) >= 11 is 0. The molecule has 0 saturated heterocycles. The first-order chi connectivity index (χ1) is 12.4. The van der Waals surface area contributed by atoms with E-state index >= 15 is 0 Å². The number of ether oxygens (including phenoxy) is 2. The zero-order valence-electron chi connectivity index (χ0n) is 14.5. The van der Waals surface area contributed by atoms with Crippen molar-refractivity contribution in [3.8, 4) is 11.5 Å². The van der Waals surface area contributed by atoms with Gasteiger partial charge in [-0.1, -0.05) is 30.3 Å². The van der Waals surface area contributed by atoms with Gasteiger partial charge in [-0.25, -0.2) is 8.42 Å². The lowest BCUT2D eigenvalue weighted by Gasteiger charge is -2.26. The molecule has 0 aliphatic carbocycles. The van der Waals surface area contributed by atoms with E-state index in [2.05, 4.69) is 5.32 Å². The monoisotopic (exact) mass is 376 g/mol. The zero-order chi connectivity index (χ0) is 18.7. The summed E-state index contributed by atoms with van der Waals surface area (Å²) in [5.41, 5.74) is 1.08. The predicted molar refractivity (Wildman–Crippen MR) is 97.9 cm³/mol. The minimum atomic E-state index is -3.57. The summed E-state index contributed by atoms with van der Waals surface area (Å²) < 4.78 is 36.0. The number of nitrogens with zero attached hydrogens (tertiary/aromatic N) is 1. The van der Waals surface area contributed by atoms with E-state index in [-0.39, 0.29) is 0 Å². The third-order valence-electron chi connectivity index (χ3n) is 4.06. The maximum atomic E-state index is 12.9. The van der Waals surface area contributed by atoms with Crippen LogP contribution in [0.2, 0.25) is 0 Å². The molecule has 1 heterocycles. The van der Waals surface area contributed by atoms with Crippen molar-refractivity contribution in [1.29, 1.82) is 0 Å². The number of anilines is 1. The van der Waals surface area contributed by atoms with Crippen LogP contribution in [0.25, 0.3) is 0 Å². The summed E-state index contributed by atoms with van der Waals surface area (Å²) in [6.07, 6.45) is 1.07. The first kappa shape index (κ1) is 18.2. The summed E-state index contributed by atoms with van der Waals surface area (Å²) in [6, 6.07) is 12.8. The van der Waals surface area contributed by atoms with Crippen LogP contribution in [-0.4, -0.2) is 45.1 Å². The van der Waals surface area contributed by atoms with Crippen LogP contribution in [0.1, 0.15) is 11.6 Å². The lowest BCUT2D eigenvalue weighted by Crippen LogP contribution is -2.38. The van der Waals surface area contributed by atoms with Gasteiger partial charge in [0.1, 0.15) is 19.3 Å². The van der Waals surface area contributed by atoms with Crippen molar-refractivity contribution in [3.63, 3.8) is 0 Å². The number of fused-ring (bicyclic) bond motifs is 1. The SMILES string of the molecule is CN([C@@H](C(=O)Nc1ccc2c(c1)OCCO2)c1ccccc1)S(C)(=O)=O. The lowest BCUT2D eigenvalue weighted by molar-refractivity contribution is -0.119. The third-order valence-corrected chi connectivity index (χ3v) is 5.32. The molecule has 0 fully saturated rings. The molecule has 1 N–H and O–H groups in total. The maximum absolute atomic E-state index is 12.9. The average molecular weight is 376 g/mol. The fraction of sp³-hybridized carbons (Fsp3) is 0.278. The van der Waals surface area contributed by atoms with E-state index in [1.165, 1.54) is 7.05 Å². The van der Waals surface area contributed by atoms with Crippen LogP contribution in [0.5, 0.6) is 11.5 Å². The Labute approximate surface area is 152 Å². The molecule has 8 heteroatoms. The Morgan fingerprint density at radius 3 is 2.38 bits per heavy atom. The van der Waals surface area contributed by atoms with E-state index in [0.717, 1.165) is 10.6 Å². The van der Waals surface area contributed by atoms with Gasteiger partial charge in [0.05, 0.1) is 6.26 Å². The fourth-order valence-electron chi connectivity index (χ4n) is 2.68. The summed E-state index contributed by atoms with van der Waals surface area (Å²) in [5, 5.41) is 2.76. The second-order valence-corrected chi connectivity index (χ2v) is 7.98. The van der Waals surface area contributed by atoms with Gasteiger partial charge in [-0.05, 0) is 17.7 Å². The number of benzene rings is 2. The molecule has 2 aromatic carbocycles. The lowest BCUT2D eigenvalue weighted by atomic mass is 10.1. The number of carbonyl (C=O) groups is 1. The third kappa shape index (κ3) is 3.97. The van der Waals surface area contributed by atoms with Gasteiger partial charge in [-0.3, -0.25) is 4.79 Å². The van der Waals surface area contributed by atoms with Crippen LogP contribution in [0, 0.1) is 0 Å². The molecule has 26 heavy (non-hydrogen) atoms. The van der Waals surface area contributed by atoms with Gasteiger partial charge in [0, 0.05) is 18.8 Å². The van der Waals surface area contributed by atoms with Crippen LogP contribution >= 0.6 is 0 Å². The second-order valence-electron chi connectivity index (χ2n) is 5.94. The molecule has 0 aromatic heterocycles. The molecule has 1 amide bonds. The molecule has 138 valence electrons. The Bertz CT molecular complexity index is 899. The predicted octanol–water partition coefficient (Wildman–Crippen LogP) is 2.03. The number of hydrogen-bond donors (Lipinski definition) is 1. The first-order valence-corrected chi connectivity index (χ1v) is 9.89. The van der Waals surface area contributed by atoms with E-state index in [9.17, 15) is 13.2 Å². The number of carbonyl (C=O) groups excluding carboxylic acids is 1. The van der Waals surface area contributed by atoms with E-state index in [1.54, 1.807) is 48.5 Å². The van der Waals surface area contributed by atoms with Crippen LogP contribution < -0.4 is 14.8 Å². The molecule has 1 atom stereocenters. The van der Waals surface area contributed by atoms with Crippen molar-refractivity contribution in [3.05, 3.63) is 54.1 Å². The minimum absolute atomic E-state index is 0.438. The number of amides is 1. The number of rotatable bonds is 5. The van der Waals surface area contributed by atoms with Crippen LogP contribution in [0.3, 0.4) is 0 Å². The number of hydrogen-bond acceptors (Lipinski definition) is 5. The molecule has 1 aliphatic heterocycles. The van der Waals surface area contributed by atoms with E-state index in [1.807, 2.05) is 0 Å². The van der Waals surface area contributed by atoms with Crippen molar-refractivity contribution in [1.82, 2.24) is 4.31 Å². The van der Waals surface area contributed by atoms with Gasteiger partial charge < -0.3 is 14.8 Å². The standard InChI is InChI=1S/C18H20N2O5S/c1-20(26(2,22)23)17(13-6-4-3-5-7-13)18(21)19-14-8-9-15-16(12-14)25-11-10-24-15/h3-9,12,17H,10-11H2,1-2H3,(H,19,21)/t17-/m1/s1. The summed E-state index contributed by atoms with van der Waals surface area (Å²) in [5.74, 6) is 0.699. The fourth-order valence-corrected chi connectivity index (χ4v) is 3.29. The number of likely N-dealkylation sites (N-methyl/N-ethyl adjacent to an activating group) is 1. The minimum Gasteiger partial charge on any atom is -0.486 e. The normalized spacial score (nSPS) is 14.7.